The summed E-state index contributed by atoms with van der Waals surface area (Å²) in [5, 5.41) is 4.12. The van der Waals surface area contributed by atoms with Gasteiger partial charge in [-0.3, -0.25) is 4.79 Å². The van der Waals surface area contributed by atoms with E-state index < -0.39 is 15.9 Å². The Hall–Kier alpha value is -2.45. The summed E-state index contributed by atoms with van der Waals surface area (Å²) in [5.41, 5.74) is 1.57. The quantitative estimate of drug-likeness (QED) is 0.688. The van der Waals surface area contributed by atoms with Crippen LogP contribution in [0.1, 0.15) is 5.56 Å². The molecule has 1 N–H and O–H groups in total. The van der Waals surface area contributed by atoms with Gasteiger partial charge in [0.25, 0.3) is 10.0 Å². The number of halogens is 1. The van der Waals surface area contributed by atoms with E-state index in [2.05, 4.69) is 25.8 Å². The summed E-state index contributed by atoms with van der Waals surface area (Å²) in [6.07, 6.45) is 3.45. The highest BCUT2D eigenvalue weighted by Crippen LogP contribution is 2.15. The summed E-state index contributed by atoms with van der Waals surface area (Å²) in [7, 11) is -3.87. The maximum absolute atomic E-state index is 12.2. The van der Waals surface area contributed by atoms with E-state index in [1.165, 1.54) is 12.1 Å². The number of rotatable bonds is 5. The summed E-state index contributed by atoms with van der Waals surface area (Å²) in [5.74, 6) is -0.588. The molecule has 0 radical (unpaired) electrons. The number of amides is 1. The molecule has 128 valence electrons. The Morgan fingerprint density at radius 3 is 2.36 bits per heavy atom. The van der Waals surface area contributed by atoms with Crippen molar-refractivity contribution in [2.24, 2.45) is 0 Å². The average Bonchev–Trinajstić information content (AvgIpc) is 3.10. The zero-order chi connectivity index (χ0) is 17.9. The number of aromatic nitrogens is 2. The highest BCUT2D eigenvalue weighted by molar-refractivity contribution is 9.10. The summed E-state index contributed by atoms with van der Waals surface area (Å²) < 4.78 is 28.9. The van der Waals surface area contributed by atoms with Gasteiger partial charge in [0.2, 0.25) is 5.91 Å². The first-order valence-corrected chi connectivity index (χ1v) is 9.62. The minimum absolute atomic E-state index is 0.0326. The van der Waals surface area contributed by atoms with Crippen molar-refractivity contribution in [3.63, 3.8) is 0 Å². The van der Waals surface area contributed by atoms with Gasteiger partial charge in [-0.15, -0.1) is 0 Å². The first kappa shape index (κ1) is 17.4. The Kier molecular flexibility index (Phi) is 5.00. The number of carbonyl (C=O) groups is 1. The van der Waals surface area contributed by atoms with Gasteiger partial charge in [0.15, 0.2) is 0 Å². The molecule has 6 nitrogen and oxygen atoms in total. The standard InChI is InChI=1S/C17H14BrN3O3S/c18-14-4-8-16(9-5-14)25(23,24)20-17(22)12-13-2-6-15(7-3-13)21-11-1-10-19-21/h1-11H,12H2,(H,20,22). The maximum Gasteiger partial charge on any atom is 0.264 e. The number of carbonyl (C=O) groups excluding carboxylic acids is 1. The smallest absolute Gasteiger partial charge is 0.264 e. The molecule has 0 saturated carbocycles. The van der Waals surface area contributed by atoms with Crippen LogP contribution in [0.2, 0.25) is 0 Å². The lowest BCUT2D eigenvalue weighted by Gasteiger charge is -2.08. The molecule has 8 heteroatoms. The van der Waals surface area contributed by atoms with E-state index in [0.29, 0.717) is 5.56 Å². The van der Waals surface area contributed by atoms with Crippen molar-refractivity contribution in [3.8, 4) is 5.69 Å². The van der Waals surface area contributed by atoms with Gasteiger partial charge in [0.05, 0.1) is 17.0 Å². The van der Waals surface area contributed by atoms with Gasteiger partial charge in [0.1, 0.15) is 0 Å². The fourth-order valence-electron chi connectivity index (χ4n) is 2.23. The van der Waals surface area contributed by atoms with Crippen LogP contribution in [0.5, 0.6) is 0 Å². The zero-order valence-corrected chi connectivity index (χ0v) is 15.4. The van der Waals surface area contributed by atoms with Gasteiger partial charge in [-0.25, -0.2) is 17.8 Å². The van der Waals surface area contributed by atoms with Crippen molar-refractivity contribution in [1.29, 1.82) is 0 Å². The van der Waals surface area contributed by atoms with Crippen molar-refractivity contribution in [2.75, 3.05) is 0 Å². The van der Waals surface area contributed by atoms with Crippen LogP contribution < -0.4 is 4.72 Å². The number of nitrogens with one attached hydrogen (secondary N) is 1. The van der Waals surface area contributed by atoms with Crippen LogP contribution >= 0.6 is 15.9 Å². The molecule has 0 saturated heterocycles. The second-order valence-electron chi connectivity index (χ2n) is 5.28. The molecule has 3 rings (SSSR count). The van der Waals surface area contributed by atoms with Gasteiger partial charge in [0, 0.05) is 16.9 Å². The molecule has 1 aromatic heterocycles. The number of hydrogen-bond acceptors (Lipinski definition) is 4. The van der Waals surface area contributed by atoms with E-state index in [9.17, 15) is 13.2 Å². The van der Waals surface area contributed by atoms with Gasteiger partial charge >= 0.3 is 0 Å². The maximum atomic E-state index is 12.2. The first-order valence-electron chi connectivity index (χ1n) is 7.34. The molecule has 0 aliphatic rings. The van der Waals surface area contributed by atoms with Gasteiger partial charge in [-0.1, -0.05) is 28.1 Å². The van der Waals surface area contributed by atoms with E-state index in [4.69, 9.17) is 0 Å². The molecule has 1 amide bonds. The van der Waals surface area contributed by atoms with Gasteiger partial charge in [-0.2, -0.15) is 5.10 Å². The largest absolute Gasteiger partial charge is 0.274 e. The minimum Gasteiger partial charge on any atom is -0.274 e. The van der Waals surface area contributed by atoms with Crippen molar-refractivity contribution in [3.05, 3.63) is 77.0 Å². The molecule has 3 aromatic rings. The predicted octanol–water partition coefficient (Wildman–Crippen LogP) is 2.68. The van der Waals surface area contributed by atoms with Crippen LogP contribution in [0.15, 0.2) is 76.4 Å². The molecular weight excluding hydrogens is 406 g/mol. The number of hydrogen-bond donors (Lipinski definition) is 1. The van der Waals surface area contributed by atoms with Crippen LogP contribution in [0.4, 0.5) is 0 Å². The van der Waals surface area contributed by atoms with Crippen molar-refractivity contribution >= 4 is 31.9 Å². The summed E-state index contributed by atoms with van der Waals surface area (Å²) >= 11 is 3.24. The van der Waals surface area contributed by atoms with Crippen LogP contribution in [0.3, 0.4) is 0 Å². The second-order valence-corrected chi connectivity index (χ2v) is 7.87. The van der Waals surface area contributed by atoms with Crippen molar-refractivity contribution in [1.82, 2.24) is 14.5 Å². The van der Waals surface area contributed by atoms with E-state index in [1.807, 2.05) is 24.4 Å². The molecule has 0 spiro atoms. The van der Waals surface area contributed by atoms with E-state index >= 15 is 0 Å². The van der Waals surface area contributed by atoms with Crippen molar-refractivity contribution in [2.45, 2.75) is 11.3 Å². The molecule has 0 fully saturated rings. The lowest BCUT2D eigenvalue weighted by Crippen LogP contribution is -2.31. The molecule has 1 heterocycles. The van der Waals surface area contributed by atoms with E-state index in [-0.39, 0.29) is 11.3 Å². The van der Waals surface area contributed by atoms with Crippen LogP contribution in [0.25, 0.3) is 5.69 Å². The van der Waals surface area contributed by atoms with E-state index in [1.54, 1.807) is 35.1 Å². The Morgan fingerprint density at radius 1 is 1.08 bits per heavy atom. The molecule has 2 aromatic carbocycles. The molecule has 0 atom stereocenters. The number of benzene rings is 2. The molecule has 0 aliphatic heterocycles. The zero-order valence-electron chi connectivity index (χ0n) is 13.0. The topological polar surface area (TPSA) is 81.1 Å². The average molecular weight is 420 g/mol. The Morgan fingerprint density at radius 2 is 1.76 bits per heavy atom. The van der Waals surface area contributed by atoms with Crippen molar-refractivity contribution < 1.29 is 13.2 Å². The monoisotopic (exact) mass is 419 g/mol. The third kappa shape index (κ3) is 4.34. The Labute approximate surface area is 153 Å². The third-order valence-corrected chi connectivity index (χ3v) is 5.36. The second kappa shape index (κ2) is 7.20. The van der Waals surface area contributed by atoms with Crippen LogP contribution in [-0.4, -0.2) is 24.1 Å². The predicted molar refractivity (Wildman–Crippen MR) is 96.7 cm³/mol. The van der Waals surface area contributed by atoms with Gasteiger partial charge < -0.3 is 0 Å². The fraction of sp³-hybridized carbons (Fsp3) is 0.0588. The summed E-state index contributed by atoms with van der Waals surface area (Å²) in [6, 6.07) is 15.1. The third-order valence-electron chi connectivity index (χ3n) is 3.44. The van der Waals surface area contributed by atoms with E-state index in [0.717, 1.165) is 10.2 Å². The highest BCUT2D eigenvalue weighted by atomic mass is 79.9. The highest BCUT2D eigenvalue weighted by Gasteiger charge is 2.17. The van der Waals surface area contributed by atoms with Gasteiger partial charge in [-0.05, 0) is 48.0 Å². The lowest BCUT2D eigenvalue weighted by molar-refractivity contribution is -0.118. The first-order chi connectivity index (χ1) is 11.9. The molecule has 0 unspecified atom stereocenters. The molecule has 25 heavy (non-hydrogen) atoms. The molecular formula is C17H14BrN3O3S. The van der Waals surface area contributed by atoms with Crippen LogP contribution in [-0.2, 0) is 21.2 Å². The fourth-order valence-corrected chi connectivity index (χ4v) is 3.48. The normalized spacial score (nSPS) is 11.2. The van der Waals surface area contributed by atoms with Crippen LogP contribution in [0, 0.1) is 0 Å². The lowest BCUT2D eigenvalue weighted by atomic mass is 10.1. The molecule has 0 aliphatic carbocycles. The Bertz CT molecular complexity index is 967. The number of nitrogens with zero attached hydrogens (tertiary/aromatic N) is 2. The minimum atomic E-state index is -3.87. The summed E-state index contributed by atoms with van der Waals surface area (Å²) in [4.78, 5) is 12.1. The molecule has 0 bridgehead atoms. The number of sulfonamides is 1. The Balaban J connectivity index is 1.67. The SMILES string of the molecule is O=C(Cc1ccc(-n2cccn2)cc1)NS(=O)(=O)c1ccc(Br)cc1. The summed E-state index contributed by atoms with van der Waals surface area (Å²) in [6.45, 7) is 0.